The van der Waals surface area contributed by atoms with E-state index in [1.54, 1.807) is 0 Å². The maximum Gasteiger partial charge on any atom is 0.154 e. The topological polar surface area (TPSA) is 77.8 Å². The van der Waals surface area contributed by atoms with E-state index in [2.05, 4.69) is 0 Å². The van der Waals surface area contributed by atoms with Crippen molar-refractivity contribution >= 4 is 6.29 Å². The first-order valence-corrected chi connectivity index (χ1v) is 3.14. The Bertz CT molecular complexity index is 128. The molecule has 4 nitrogen and oxygen atoms in total. The highest BCUT2D eigenvalue weighted by molar-refractivity contribution is 5.56. The third kappa shape index (κ3) is 2.92. The average Bonchev–Trinajstić information content (AvgIpc) is 2.00. The second kappa shape index (κ2) is 4.38. The lowest BCUT2D eigenvalue weighted by Gasteiger charge is -2.19. The summed E-state index contributed by atoms with van der Waals surface area (Å²) in [5, 5.41) is 25.9. The zero-order chi connectivity index (χ0) is 9.02. The summed E-state index contributed by atoms with van der Waals surface area (Å²) in [5.41, 5.74) is 0. The van der Waals surface area contributed by atoms with Gasteiger partial charge >= 0.3 is 0 Å². The number of aldehydes is 1. The van der Waals surface area contributed by atoms with Gasteiger partial charge in [0.25, 0.3) is 0 Å². The summed E-state index contributed by atoms with van der Waals surface area (Å²) in [7, 11) is 0. The average molecular weight is 166 g/mol. The molecule has 0 radical (unpaired) electrons. The van der Waals surface area contributed by atoms with Gasteiger partial charge in [-0.2, -0.15) is 0 Å². The summed E-state index contributed by atoms with van der Waals surface area (Å²) >= 11 is 0. The largest absolute Gasteiger partial charge is 0.390 e. The fraction of sp³-hybridized carbons (Fsp3) is 0.833. The zero-order valence-electron chi connectivity index (χ0n) is 6.01. The fourth-order valence-corrected chi connectivity index (χ4v) is 0.554. The van der Waals surface area contributed by atoms with Crippen LogP contribution in [-0.2, 0) is 4.79 Å². The molecule has 5 heteroatoms. The van der Waals surface area contributed by atoms with Crippen molar-refractivity contribution in [3.05, 3.63) is 0 Å². The molecule has 0 aromatic carbocycles. The van der Waals surface area contributed by atoms with Crippen LogP contribution in [-0.4, -0.2) is 46.1 Å². The van der Waals surface area contributed by atoms with Gasteiger partial charge in [0.05, 0.1) is 6.10 Å². The van der Waals surface area contributed by atoms with Crippen molar-refractivity contribution in [3.8, 4) is 0 Å². The number of carbonyl (C=O) groups is 1. The predicted octanol–water partition coefficient (Wildman–Crippen LogP) is -1.37. The van der Waals surface area contributed by atoms with Crippen LogP contribution in [0.1, 0.15) is 6.92 Å². The molecule has 0 aliphatic heterocycles. The van der Waals surface area contributed by atoms with Crippen LogP contribution in [0.4, 0.5) is 4.39 Å². The highest BCUT2D eigenvalue weighted by Gasteiger charge is 2.29. The Balaban J connectivity index is 4.00. The van der Waals surface area contributed by atoms with Crippen molar-refractivity contribution in [2.24, 2.45) is 0 Å². The Morgan fingerprint density at radius 3 is 2.09 bits per heavy atom. The molecule has 0 aromatic heterocycles. The Morgan fingerprint density at radius 2 is 1.82 bits per heavy atom. The highest BCUT2D eigenvalue weighted by Crippen LogP contribution is 2.07. The number of alkyl halides is 1. The third-order valence-corrected chi connectivity index (χ3v) is 1.28. The van der Waals surface area contributed by atoms with Gasteiger partial charge in [-0.05, 0) is 6.92 Å². The minimum absolute atomic E-state index is 0.0135. The number of aliphatic hydroxyl groups is 3. The van der Waals surface area contributed by atoms with Gasteiger partial charge in [-0.15, -0.1) is 0 Å². The van der Waals surface area contributed by atoms with Crippen LogP contribution in [0.3, 0.4) is 0 Å². The summed E-state index contributed by atoms with van der Waals surface area (Å²) in [6.45, 7) is 1.12. The van der Waals surface area contributed by atoms with Gasteiger partial charge in [-0.1, -0.05) is 0 Å². The van der Waals surface area contributed by atoms with E-state index in [1.807, 2.05) is 0 Å². The molecule has 11 heavy (non-hydrogen) atoms. The first kappa shape index (κ1) is 10.5. The molecule has 66 valence electrons. The lowest BCUT2D eigenvalue weighted by Crippen LogP contribution is -2.41. The van der Waals surface area contributed by atoms with Crippen molar-refractivity contribution in [3.63, 3.8) is 0 Å². The number of halogens is 1. The van der Waals surface area contributed by atoms with Gasteiger partial charge in [0.1, 0.15) is 12.2 Å². The highest BCUT2D eigenvalue weighted by atomic mass is 19.1. The molecule has 3 N–H and O–H groups in total. The van der Waals surface area contributed by atoms with E-state index in [9.17, 15) is 9.18 Å². The van der Waals surface area contributed by atoms with Gasteiger partial charge in [-0.3, -0.25) is 0 Å². The van der Waals surface area contributed by atoms with Crippen LogP contribution < -0.4 is 0 Å². The van der Waals surface area contributed by atoms with E-state index in [0.29, 0.717) is 0 Å². The number of rotatable bonds is 4. The summed E-state index contributed by atoms with van der Waals surface area (Å²) in [4.78, 5) is 9.82. The molecular formula is C6H11FO4. The molecule has 0 heterocycles. The van der Waals surface area contributed by atoms with E-state index < -0.39 is 24.5 Å². The molecule has 0 amide bonds. The van der Waals surface area contributed by atoms with Gasteiger partial charge in [-0.25, -0.2) is 4.39 Å². The predicted molar refractivity (Wildman–Crippen MR) is 34.7 cm³/mol. The monoisotopic (exact) mass is 166 g/mol. The Hall–Kier alpha value is -0.520. The molecule has 0 saturated heterocycles. The van der Waals surface area contributed by atoms with Gasteiger partial charge in [0.15, 0.2) is 12.5 Å². The molecule has 0 rings (SSSR count). The lowest BCUT2D eigenvalue weighted by atomic mass is 10.1. The van der Waals surface area contributed by atoms with E-state index >= 15 is 0 Å². The second-order valence-corrected chi connectivity index (χ2v) is 2.30. The molecule has 0 spiro atoms. The maximum atomic E-state index is 12.5. The Labute approximate surface area is 63.3 Å². The van der Waals surface area contributed by atoms with Crippen LogP contribution in [0.5, 0.6) is 0 Å². The fourth-order valence-electron chi connectivity index (χ4n) is 0.554. The second-order valence-electron chi connectivity index (χ2n) is 2.30. The van der Waals surface area contributed by atoms with Crippen LogP contribution in [0, 0.1) is 0 Å². The van der Waals surface area contributed by atoms with Crippen molar-refractivity contribution in [2.75, 3.05) is 0 Å². The number of hydrogen-bond acceptors (Lipinski definition) is 4. The van der Waals surface area contributed by atoms with Crippen molar-refractivity contribution < 1.29 is 24.5 Å². The van der Waals surface area contributed by atoms with Crippen molar-refractivity contribution in [1.82, 2.24) is 0 Å². The molecular weight excluding hydrogens is 155 g/mol. The van der Waals surface area contributed by atoms with E-state index in [1.165, 1.54) is 0 Å². The molecule has 0 saturated carbocycles. The van der Waals surface area contributed by atoms with Crippen molar-refractivity contribution in [1.29, 1.82) is 0 Å². The van der Waals surface area contributed by atoms with Gasteiger partial charge in [0, 0.05) is 0 Å². The normalized spacial score (nSPS) is 21.9. The van der Waals surface area contributed by atoms with Crippen molar-refractivity contribution in [2.45, 2.75) is 31.4 Å². The number of carbonyl (C=O) groups excluding carboxylic acids is 1. The maximum absolute atomic E-state index is 12.5. The molecule has 0 unspecified atom stereocenters. The summed E-state index contributed by atoms with van der Waals surface area (Å²) in [5.74, 6) is 0. The van der Waals surface area contributed by atoms with E-state index in [4.69, 9.17) is 15.3 Å². The van der Waals surface area contributed by atoms with Gasteiger partial charge < -0.3 is 20.1 Å². The van der Waals surface area contributed by atoms with Crippen LogP contribution in [0.2, 0.25) is 0 Å². The summed E-state index contributed by atoms with van der Waals surface area (Å²) < 4.78 is 12.5. The van der Waals surface area contributed by atoms with Crippen LogP contribution in [0.25, 0.3) is 0 Å². The molecule has 0 aliphatic rings. The first-order valence-electron chi connectivity index (χ1n) is 3.14. The zero-order valence-corrected chi connectivity index (χ0v) is 6.01. The molecule has 0 bridgehead atoms. The first-order chi connectivity index (χ1) is 5.00. The van der Waals surface area contributed by atoms with Crippen LogP contribution >= 0.6 is 0 Å². The smallest absolute Gasteiger partial charge is 0.154 e. The molecule has 4 atom stereocenters. The van der Waals surface area contributed by atoms with Crippen LogP contribution in [0.15, 0.2) is 0 Å². The number of aliphatic hydroxyl groups excluding tert-OH is 3. The minimum atomic E-state index is -2.00. The SMILES string of the molecule is C[C@@H](O)[C@H](F)[C@H](O)[C@@H](O)C=O. The van der Waals surface area contributed by atoms with Gasteiger partial charge in [0.2, 0.25) is 0 Å². The Kier molecular flexibility index (Phi) is 4.17. The molecule has 0 aliphatic carbocycles. The van der Waals surface area contributed by atoms with E-state index in [0.717, 1.165) is 6.92 Å². The standard InChI is InChI=1S/C6H11FO4/c1-3(9)5(7)6(11)4(10)2-8/h2-6,9-11H,1H3/t3-,4+,5+,6-/m1/s1. The lowest BCUT2D eigenvalue weighted by molar-refractivity contribution is -0.126. The molecule has 0 fully saturated rings. The molecule has 0 aromatic rings. The summed E-state index contributed by atoms with van der Waals surface area (Å²) in [6.07, 6.45) is -7.03. The third-order valence-electron chi connectivity index (χ3n) is 1.28. The van der Waals surface area contributed by atoms with E-state index in [-0.39, 0.29) is 6.29 Å². The quantitative estimate of drug-likeness (QED) is 0.450. The summed E-state index contributed by atoms with van der Waals surface area (Å²) in [6, 6.07) is 0. The number of hydrogen-bond donors (Lipinski definition) is 3. The minimum Gasteiger partial charge on any atom is -0.390 e. The Morgan fingerprint density at radius 1 is 1.36 bits per heavy atom.